The summed E-state index contributed by atoms with van der Waals surface area (Å²) in [4.78, 5) is 25.2. The third-order valence-electron chi connectivity index (χ3n) is 4.12. The summed E-state index contributed by atoms with van der Waals surface area (Å²) in [6, 6.07) is 12.8. The Hall–Kier alpha value is -2.36. The molecule has 29 heavy (non-hydrogen) atoms. The Morgan fingerprint density at radius 2 is 1.72 bits per heavy atom. The van der Waals surface area contributed by atoms with Crippen LogP contribution in [-0.4, -0.2) is 50.6 Å². The number of anilines is 1. The maximum atomic E-state index is 12.5. The molecule has 0 radical (unpaired) electrons. The number of benzene rings is 2. The van der Waals surface area contributed by atoms with E-state index in [-0.39, 0.29) is 10.5 Å². The highest BCUT2D eigenvalue weighted by atomic mass is 32.2. The lowest BCUT2D eigenvalue weighted by molar-refractivity contribution is -0.119. The van der Waals surface area contributed by atoms with Gasteiger partial charge in [0.2, 0.25) is 10.0 Å². The lowest BCUT2D eigenvalue weighted by atomic mass is 10.2. The summed E-state index contributed by atoms with van der Waals surface area (Å²) < 4.78 is 31.3. The average Bonchev–Trinajstić information content (AvgIpc) is 2.73. The third kappa shape index (κ3) is 6.06. The molecule has 0 saturated heterocycles. The van der Waals surface area contributed by atoms with E-state index in [0.29, 0.717) is 18.8 Å². The molecule has 0 bridgehead atoms. The zero-order valence-electron chi connectivity index (χ0n) is 16.5. The van der Waals surface area contributed by atoms with E-state index in [9.17, 15) is 18.0 Å². The number of hydrogen-bond donors (Lipinski definition) is 1. The molecule has 0 aromatic heterocycles. The van der Waals surface area contributed by atoms with E-state index in [0.717, 1.165) is 4.90 Å². The molecule has 2 rings (SSSR count). The summed E-state index contributed by atoms with van der Waals surface area (Å²) in [7, 11) is -3.59. The lowest BCUT2D eigenvalue weighted by Crippen LogP contribution is -2.30. The molecule has 0 aliphatic heterocycles. The predicted octanol–water partition coefficient (Wildman–Crippen LogP) is 3.23. The Morgan fingerprint density at radius 1 is 1.07 bits per heavy atom. The van der Waals surface area contributed by atoms with Gasteiger partial charge < -0.3 is 10.1 Å². The minimum atomic E-state index is -3.59. The van der Waals surface area contributed by atoms with Crippen LogP contribution in [0.3, 0.4) is 0 Å². The van der Waals surface area contributed by atoms with Crippen LogP contribution in [-0.2, 0) is 19.6 Å². The molecule has 0 aliphatic carbocycles. The van der Waals surface area contributed by atoms with Crippen molar-refractivity contribution in [3.05, 3.63) is 54.1 Å². The fourth-order valence-electron chi connectivity index (χ4n) is 2.59. The van der Waals surface area contributed by atoms with Gasteiger partial charge in [0.25, 0.3) is 5.91 Å². The first-order valence-electron chi connectivity index (χ1n) is 9.03. The quantitative estimate of drug-likeness (QED) is 0.479. The molecule has 2 aromatic rings. The van der Waals surface area contributed by atoms with Crippen LogP contribution < -0.4 is 5.32 Å². The van der Waals surface area contributed by atoms with Crippen LogP contribution in [0.25, 0.3) is 0 Å². The Morgan fingerprint density at radius 3 is 2.31 bits per heavy atom. The topological polar surface area (TPSA) is 92.8 Å². The Bertz CT molecular complexity index is 955. The molecule has 0 aliphatic rings. The number of ether oxygens (including phenoxy) is 1. The Labute approximate surface area is 175 Å². The highest BCUT2D eigenvalue weighted by Crippen LogP contribution is 2.19. The number of thioether (sulfide) groups is 1. The van der Waals surface area contributed by atoms with Gasteiger partial charge in [-0.1, -0.05) is 19.9 Å². The zero-order chi connectivity index (χ0) is 21.4. The van der Waals surface area contributed by atoms with Crippen molar-refractivity contribution in [2.45, 2.75) is 23.6 Å². The SMILES string of the molecule is CCN(CC)S(=O)(=O)c1ccc(C(=O)OCC(=O)Nc2cccc(SC)c2)cc1. The molecule has 9 heteroatoms. The number of amides is 1. The summed E-state index contributed by atoms with van der Waals surface area (Å²) in [5.74, 6) is -1.16. The highest BCUT2D eigenvalue weighted by Gasteiger charge is 2.22. The van der Waals surface area contributed by atoms with Crippen LogP contribution in [0.1, 0.15) is 24.2 Å². The molecule has 0 unspecified atom stereocenters. The molecular weight excluding hydrogens is 412 g/mol. The van der Waals surface area contributed by atoms with Crippen molar-refractivity contribution < 1.29 is 22.7 Å². The van der Waals surface area contributed by atoms with Gasteiger partial charge in [-0.2, -0.15) is 4.31 Å². The van der Waals surface area contributed by atoms with Crippen LogP contribution in [0.15, 0.2) is 58.3 Å². The van der Waals surface area contributed by atoms with Gasteiger partial charge in [0.15, 0.2) is 6.61 Å². The van der Waals surface area contributed by atoms with Gasteiger partial charge in [0, 0.05) is 23.7 Å². The van der Waals surface area contributed by atoms with E-state index >= 15 is 0 Å². The second kappa shape index (κ2) is 10.4. The standard InChI is InChI=1S/C20H24N2O5S2/c1-4-22(5-2)29(25,26)18-11-9-15(10-12-18)20(24)27-14-19(23)21-16-7-6-8-17(13-16)28-3/h6-13H,4-5,14H2,1-3H3,(H,21,23). The Kier molecular flexibility index (Phi) is 8.24. The molecule has 0 saturated carbocycles. The van der Waals surface area contributed by atoms with Gasteiger partial charge in [0.05, 0.1) is 10.5 Å². The smallest absolute Gasteiger partial charge is 0.338 e. The molecule has 7 nitrogen and oxygen atoms in total. The average molecular weight is 437 g/mol. The predicted molar refractivity (Wildman–Crippen MR) is 114 cm³/mol. The molecule has 0 heterocycles. The van der Waals surface area contributed by atoms with Crippen LogP contribution in [0.4, 0.5) is 5.69 Å². The molecule has 1 N–H and O–H groups in total. The minimum Gasteiger partial charge on any atom is -0.452 e. The molecule has 0 fully saturated rings. The molecule has 2 aromatic carbocycles. The normalized spacial score (nSPS) is 11.3. The first kappa shape index (κ1) is 22.9. The van der Waals surface area contributed by atoms with Gasteiger partial charge in [-0.25, -0.2) is 13.2 Å². The summed E-state index contributed by atoms with van der Waals surface area (Å²) in [5.41, 5.74) is 0.782. The van der Waals surface area contributed by atoms with Crippen molar-refractivity contribution in [1.82, 2.24) is 4.31 Å². The number of carbonyl (C=O) groups excluding carboxylic acids is 2. The van der Waals surface area contributed by atoms with Gasteiger partial charge in [-0.3, -0.25) is 4.79 Å². The first-order valence-corrected chi connectivity index (χ1v) is 11.7. The van der Waals surface area contributed by atoms with Crippen molar-refractivity contribution in [2.24, 2.45) is 0 Å². The molecule has 156 valence electrons. The highest BCUT2D eigenvalue weighted by molar-refractivity contribution is 7.98. The van der Waals surface area contributed by atoms with E-state index < -0.39 is 28.5 Å². The van der Waals surface area contributed by atoms with Gasteiger partial charge in [0.1, 0.15) is 0 Å². The van der Waals surface area contributed by atoms with Gasteiger partial charge >= 0.3 is 5.97 Å². The van der Waals surface area contributed by atoms with Crippen LogP contribution in [0, 0.1) is 0 Å². The van der Waals surface area contributed by atoms with Crippen molar-refractivity contribution >= 4 is 39.3 Å². The summed E-state index contributed by atoms with van der Waals surface area (Å²) in [5, 5.41) is 2.66. The van der Waals surface area contributed by atoms with E-state index in [2.05, 4.69) is 5.32 Å². The maximum absolute atomic E-state index is 12.5. The third-order valence-corrected chi connectivity index (χ3v) is 6.91. The maximum Gasteiger partial charge on any atom is 0.338 e. The fraction of sp³-hybridized carbons (Fsp3) is 0.300. The van der Waals surface area contributed by atoms with E-state index in [1.807, 2.05) is 24.5 Å². The number of rotatable bonds is 9. The largest absolute Gasteiger partial charge is 0.452 e. The van der Waals surface area contributed by atoms with Crippen molar-refractivity contribution in [3.63, 3.8) is 0 Å². The van der Waals surface area contributed by atoms with E-state index in [1.165, 1.54) is 28.6 Å². The van der Waals surface area contributed by atoms with Crippen molar-refractivity contribution in [1.29, 1.82) is 0 Å². The Balaban J connectivity index is 1.96. The van der Waals surface area contributed by atoms with Gasteiger partial charge in [-0.05, 0) is 48.7 Å². The fourth-order valence-corrected chi connectivity index (χ4v) is 4.51. The van der Waals surface area contributed by atoms with Crippen LogP contribution in [0.5, 0.6) is 0 Å². The van der Waals surface area contributed by atoms with E-state index in [1.54, 1.807) is 31.7 Å². The first-order chi connectivity index (χ1) is 13.8. The second-order valence-electron chi connectivity index (χ2n) is 5.97. The number of nitrogens with one attached hydrogen (secondary N) is 1. The number of carbonyl (C=O) groups is 2. The van der Waals surface area contributed by atoms with Crippen LogP contribution in [0.2, 0.25) is 0 Å². The summed E-state index contributed by atoms with van der Waals surface area (Å²) in [6.07, 6.45) is 1.93. The second-order valence-corrected chi connectivity index (χ2v) is 8.79. The molecule has 0 spiro atoms. The van der Waals surface area contributed by atoms with E-state index in [4.69, 9.17) is 4.74 Å². The number of hydrogen-bond acceptors (Lipinski definition) is 6. The summed E-state index contributed by atoms with van der Waals surface area (Å²) >= 11 is 1.55. The zero-order valence-corrected chi connectivity index (χ0v) is 18.2. The lowest BCUT2D eigenvalue weighted by Gasteiger charge is -2.18. The monoisotopic (exact) mass is 436 g/mol. The molecule has 1 amide bonds. The number of nitrogens with zero attached hydrogens (tertiary/aromatic N) is 1. The van der Waals surface area contributed by atoms with Crippen molar-refractivity contribution in [2.75, 3.05) is 31.3 Å². The van der Waals surface area contributed by atoms with Crippen LogP contribution >= 0.6 is 11.8 Å². The van der Waals surface area contributed by atoms with Gasteiger partial charge in [-0.15, -0.1) is 11.8 Å². The number of sulfonamides is 1. The minimum absolute atomic E-state index is 0.101. The summed E-state index contributed by atoms with van der Waals surface area (Å²) in [6.45, 7) is 3.79. The van der Waals surface area contributed by atoms with Crippen molar-refractivity contribution in [3.8, 4) is 0 Å². The molecule has 0 atom stereocenters. The molecular formula is C20H24N2O5S2. The number of esters is 1.